The molecule has 0 fully saturated rings. The summed E-state index contributed by atoms with van der Waals surface area (Å²) in [6.45, 7) is 1.89. The normalized spacial score (nSPS) is 13.6. The summed E-state index contributed by atoms with van der Waals surface area (Å²) in [5, 5.41) is -0.833. The second-order valence-corrected chi connectivity index (χ2v) is 9.51. The number of rotatable bonds is 8. The van der Waals surface area contributed by atoms with E-state index in [1.165, 1.54) is 11.8 Å². The van der Waals surface area contributed by atoms with Crippen molar-refractivity contribution in [3.63, 3.8) is 0 Å². The van der Waals surface area contributed by atoms with E-state index in [1.807, 2.05) is 43.3 Å². The Bertz CT molecular complexity index is 1050. The first-order chi connectivity index (χ1) is 13.9. The smallest absolute Gasteiger partial charge is 0.241 e. The third-order valence-corrected chi connectivity index (χ3v) is 7.12. The van der Waals surface area contributed by atoms with Gasteiger partial charge in [0.05, 0.1) is 10.9 Å². The van der Waals surface area contributed by atoms with Crippen molar-refractivity contribution in [1.82, 2.24) is 4.72 Å². The van der Waals surface area contributed by atoms with Gasteiger partial charge in [0.25, 0.3) is 0 Å². The van der Waals surface area contributed by atoms with Gasteiger partial charge in [-0.25, -0.2) is 13.1 Å². The first-order valence-electron chi connectivity index (χ1n) is 9.02. The van der Waals surface area contributed by atoms with Crippen molar-refractivity contribution in [3.8, 4) is 0 Å². The number of aryl methyl sites for hydroxylation is 1. The Labute approximate surface area is 175 Å². The molecule has 0 radical (unpaired) electrons. The molecule has 0 bridgehead atoms. The van der Waals surface area contributed by atoms with Crippen LogP contribution in [0.25, 0.3) is 0 Å². The Morgan fingerprint density at radius 1 is 0.897 bits per heavy atom. The van der Waals surface area contributed by atoms with Crippen LogP contribution in [-0.4, -0.2) is 19.6 Å². The van der Waals surface area contributed by atoms with E-state index in [1.54, 1.807) is 48.5 Å². The summed E-state index contributed by atoms with van der Waals surface area (Å²) >= 11 is 1.24. The second kappa shape index (κ2) is 9.26. The molecule has 150 valence electrons. The van der Waals surface area contributed by atoms with Crippen LogP contribution < -0.4 is 10.5 Å². The molecule has 2 atom stereocenters. The molecule has 5 nitrogen and oxygen atoms in total. The van der Waals surface area contributed by atoms with Crippen LogP contribution in [0.2, 0.25) is 0 Å². The fourth-order valence-electron chi connectivity index (χ4n) is 2.85. The molecule has 3 N–H and O–H groups in total. The number of carbonyl (C=O) groups excluding carboxylic acids is 1. The van der Waals surface area contributed by atoms with E-state index in [0.29, 0.717) is 5.56 Å². The van der Waals surface area contributed by atoms with Crippen LogP contribution in [0.1, 0.15) is 17.2 Å². The molecule has 0 spiro atoms. The van der Waals surface area contributed by atoms with Gasteiger partial charge in [0, 0.05) is 4.90 Å². The van der Waals surface area contributed by atoms with E-state index in [4.69, 9.17) is 5.73 Å². The van der Waals surface area contributed by atoms with Crippen molar-refractivity contribution >= 4 is 27.7 Å². The van der Waals surface area contributed by atoms with Gasteiger partial charge in [-0.1, -0.05) is 66.2 Å². The Morgan fingerprint density at radius 3 is 2.00 bits per heavy atom. The highest BCUT2D eigenvalue weighted by molar-refractivity contribution is 8.00. The van der Waals surface area contributed by atoms with E-state index >= 15 is 0 Å². The Morgan fingerprint density at radius 2 is 1.45 bits per heavy atom. The fraction of sp³-hybridized carbons (Fsp3) is 0.136. The van der Waals surface area contributed by atoms with Gasteiger partial charge in [0.15, 0.2) is 0 Å². The number of amides is 1. The molecular formula is C22H22N2O3S2. The summed E-state index contributed by atoms with van der Waals surface area (Å²) in [5.74, 6) is -0.598. The average molecular weight is 427 g/mol. The zero-order valence-electron chi connectivity index (χ0n) is 15.9. The SMILES string of the molecule is Cc1ccc(S(=O)(=O)N[C@@H](c2ccccc2)[C@H](Sc2ccccc2)C(N)=O)cc1. The van der Waals surface area contributed by atoms with E-state index in [-0.39, 0.29) is 4.90 Å². The molecule has 0 unspecified atom stereocenters. The maximum Gasteiger partial charge on any atom is 0.241 e. The van der Waals surface area contributed by atoms with Gasteiger partial charge in [0.2, 0.25) is 15.9 Å². The monoisotopic (exact) mass is 426 g/mol. The molecule has 0 saturated heterocycles. The van der Waals surface area contributed by atoms with E-state index in [2.05, 4.69) is 4.72 Å². The molecule has 3 aromatic carbocycles. The van der Waals surface area contributed by atoms with Crippen LogP contribution in [0.3, 0.4) is 0 Å². The van der Waals surface area contributed by atoms with Crippen molar-refractivity contribution in [2.24, 2.45) is 5.73 Å². The van der Waals surface area contributed by atoms with Gasteiger partial charge in [-0.05, 0) is 36.8 Å². The van der Waals surface area contributed by atoms with Crippen molar-refractivity contribution in [3.05, 3.63) is 96.1 Å². The minimum absolute atomic E-state index is 0.136. The molecule has 7 heteroatoms. The largest absolute Gasteiger partial charge is 0.369 e. The molecule has 29 heavy (non-hydrogen) atoms. The standard InChI is InChI=1S/C22H22N2O3S2/c1-16-12-14-19(15-13-16)29(26,27)24-20(17-8-4-2-5-9-17)21(22(23)25)28-18-10-6-3-7-11-18/h2-15,20-21,24H,1H3,(H2,23,25)/t20-,21-/m0/s1. The Hall–Kier alpha value is -2.61. The van der Waals surface area contributed by atoms with Gasteiger partial charge in [-0.3, -0.25) is 4.79 Å². The summed E-state index contributed by atoms with van der Waals surface area (Å²) < 4.78 is 28.8. The quantitative estimate of drug-likeness (QED) is 0.538. The van der Waals surface area contributed by atoms with Crippen LogP contribution in [0.5, 0.6) is 0 Å². The van der Waals surface area contributed by atoms with Crippen LogP contribution in [0.15, 0.2) is 94.7 Å². The lowest BCUT2D eigenvalue weighted by Crippen LogP contribution is -2.41. The van der Waals surface area contributed by atoms with Gasteiger partial charge in [0.1, 0.15) is 5.25 Å². The van der Waals surface area contributed by atoms with E-state index in [9.17, 15) is 13.2 Å². The summed E-state index contributed by atoms with van der Waals surface area (Å²) in [7, 11) is -3.87. The molecule has 0 saturated carbocycles. The number of nitrogens with one attached hydrogen (secondary N) is 1. The zero-order valence-corrected chi connectivity index (χ0v) is 17.5. The maximum atomic E-state index is 13.0. The van der Waals surface area contributed by atoms with Crippen LogP contribution in [0, 0.1) is 6.92 Å². The number of thioether (sulfide) groups is 1. The molecule has 3 rings (SSSR count). The van der Waals surface area contributed by atoms with Crippen LogP contribution in [-0.2, 0) is 14.8 Å². The van der Waals surface area contributed by atoms with Crippen molar-refractivity contribution in [2.45, 2.75) is 28.0 Å². The lowest BCUT2D eigenvalue weighted by molar-refractivity contribution is -0.117. The summed E-state index contributed by atoms with van der Waals surface area (Å²) in [4.78, 5) is 13.3. The minimum Gasteiger partial charge on any atom is -0.369 e. The predicted octanol–water partition coefficient (Wildman–Crippen LogP) is 3.66. The van der Waals surface area contributed by atoms with Crippen molar-refractivity contribution in [1.29, 1.82) is 0 Å². The molecular weight excluding hydrogens is 404 g/mol. The van der Waals surface area contributed by atoms with E-state index in [0.717, 1.165) is 10.5 Å². The number of nitrogens with two attached hydrogens (primary N) is 1. The highest BCUT2D eigenvalue weighted by Gasteiger charge is 2.33. The molecule has 0 aliphatic heterocycles. The molecule has 0 aliphatic rings. The van der Waals surface area contributed by atoms with Gasteiger partial charge < -0.3 is 5.73 Å². The molecule has 3 aromatic rings. The lowest BCUT2D eigenvalue weighted by atomic mass is 10.0. The van der Waals surface area contributed by atoms with Crippen LogP contribution in [0.4, 0.5) is 0 Å². The highest BCUT2D eigenvalue weighted by Crippen LogP contribution is 2.33. The van der Waals surface area contributed by atoms with E-state index < -0.39 is 27.2 Å². The first-order valence-corrected chi connectivity index (χ1v) is 11.4. The number of hydrogen-bond donors (Lipinski definition) is 2. The summed E-state index contributed by atoms with van der Waals surface area (Å²) in [5.41, 5.74) is 7.32. The molecule has 0 heterocycles. The van der Waals surface area contributed by atoms with Gasteiger partial charge in [-0.15, -0.1) is 11.8 Å². The predicted molar refractivity (Wildman–Crippen MR) is 116 cm³/mol. The summed E-state index contributed by atoms with van der Waals surface area (Å²) in [6, 6.07) is 24.0. The van der Waals surface area contributed by atoms with Crippen molar-refractivity contribution in [2.75, 3.05) is 0 Å². The maximum absolute atomic E-state index is 13.0. The average Bonchev–Trinajstić information content (AvgIpc) is 2.72. The van der Waals surface area contributed by atoms with Crippen molar-refractivity contribution < 1.29 is 13.2 Å². The molecule has 0 aromatic heterocycles. The number of sulfonamides is 1. The third kappa shape index (κ3) is 5.47. The molecule has 1 amide bonds. The summed E-state index contributed by atoms with van der Waals surface area (Å²) in [6.07, 6.45) is 0. The minimum atomic E-state index is -3.87. The Balaban J connectivity index is 1.99. The first kappa shape index (κ1) is 21.1. The third-order valence-electron chi connectivity index (χ3n) is 4.36. The topological polar surface area (TPSA) is 89.3 Å². The number of primary amides is 1. The van der Waals surface area contributed by atoms with Gasteiger partial charge >= 0.3 is 0 Å². The highest BCUT2D eigenvalue weighted by atomic mass is 32.2. The molecule has 0 aliphatic carbocycles. The van der Waals surface area contributed by atoms with Crippen LogP contribution >= 0.6 is 11.8 Å². The Kier molecular flexibility index (Phi) is 6.74. The van der Waals surface area contributed by atoms with Gasteiger partial charge in [-0.2, -0.15) is 0 Å². The number of hydrogen-bond acceptors (Lipinski definition) is 4. The lowest BCUT2D eigenvalue weighted by Gasteiger charge is -2.26. The fourth-order valence-corrected chi connectivity index (χ4v) is 5.26. The zero-order chi connectivity index (χ0) is 20.9. The number of benzene rings is 3. The number of carbonyl (C=O) groups is 1. The second-order valence-electron chi connectivity index (χ2n) is 6.58.